The van der Waals surface area contributed by atoms with Crippen molar-refractivity contribution in [1.29, 1.82) is 0 Å². The molecule has 30 heavy (non-hydrogen) atoms. The van der Waals surface area contributed by atoms with Crippen molar-refractivity contribution in [1.82, 2.24) is 0 Å². The fourth-order valence-electron chi connectivity index (χ4n) is 3.29. The van der Waals surface area contributed by atoms with E-state index in [1.165, 1.54) is 27.8 Å². The molecule has 1 unspecified atom stereocenters. The zero-order valence-electron chi connectivity index (χ0n) is 17.6. The van der Waals surface area contributed by atoms with Gasteiger partial charge in [-0.3, -0.25) is 0 Å². The Morgan fingerprint density at radius 3 is 1.83 bits per heavy atom. The van der Waals surface area contributed by atoms with Crippen LogP contribution in [0.15, 0.2) is 91.5 Å². The summed E-state index contributed by atoms with van der Waals surface area (Å²) in [6.45, 7) is 6.03. The van der Waals surface area contributed by atoms with Gasteiger partial charge < -0.3 is 9.84 Å². The van der Waals surface area contributed by atoms with Gasteiger partial charge in [-0.15, -0.1) is 0 Å². The van der Waals surface area contributed by atoms with E-state index in [1.807, 2.05) is 19.1 Å². The lowest BCUT2D eigenvalue weighted by molar-refractivity contribution is 0.182. The van der Waals surface area contributed by atoms with E-state index in [9.17, 15) is 5.11 Å². The van der Waals surface area contributed by atoms with Crippen LogP contribution in [0.25, 0.3) is 28.3 Å². The summed E-state index contributed by atoms with van der Waals surface area (Å²) < 4.78 is 5.55. The van der Waals surface area contributed by atoms with Crippen molar-refractivity contribution in [3.8, 4) is 28.0 Å². The highest BCUT2D eigenvalue weighted by Gasteiger charge is 2.02. The van der Waals surface area contributed by atoms with Crippen LogP contribution >= 0.6 is 0 Å². The van der Waals surface area contributed by atoms with Crippen LogP contribution in [-0.4, -0.2) is 17.8 Å². The van der Waals surface area contributed by atoms with E-state index in [1.54, 1.807) is 6.08 Å². The second-order valence-corrected chi connectivity index (χ2v) is 7.51. The largest absolute Gasteiger partial charge is 0.490 e. The lowest BCUT2D eigenvalue weighted by Gasteiger charge is -2.07. The lowest BCUT2D eigenvalue weighted by atomic mass is 9.99. The number of aliphatic hydroxyl groups excluding tert-OH is 1. The average Bonchev–Trinajstić information content (AvgIpc) is 2.78. The van der Waals surface area contributed by atoms with Gasteiger partial charge in [0.1, 0.15) is 12.4 Å². The molecule has 1 N–H and O–H groups in total. The van der Waals surface area contributed by atoms with Gasteiger partial charge in [0, 0.05) is 0 Å². The summed E-state index contributed by atoms with van der Waals surface area (Å²) in [4.78, 5) is 0. The van der Waals surface area contributed by atoms with E-state index in [2.05, 4.69) is 79.4 Å². The molecule has 154 valence electrons. The molecule has 0 amide bonds. The number of hydrogen-bond donors (Lipinski definition) is 1. The van der Waals surface area contributed by atoms with Crippen molar-refractivity contribution in [3.05, 3.63) is 97.1 Å². The van der Waals surface area contributed by atoms with Crippen LogP contribution in [-0.2, 0) is 0 Å². The van der Waals surface area contributed by atoms with Gasteiger partial charge >= 0.3 is 0 Å². The van der Waals surface area contributed by atoms with Crippen molar-refractivity contribution in [2.24, 2.45) is 0 Å². The maximum absolute atomic E-state index is 9.30. The van der Waals surface area contributed by atoms with Crippen LogP contribution < -0.4 is 4.74 Å². The first-order valence-electron chi connectivity index (χ1n) is 10.5. The van der Waals surface area contributed by atoms with Gasteiger partial charge in [-0.1, -0.05) is 85.5 Å². The molecule has 1 atom stereocenters. The van der Waals surface area contributed by atoms with Gasteiger partial charge in [0.2, 0.25) is 0 Å². The summed E-state index contributed by atoms with van der Waals surface area (Å²) in [6.07, 6.45) is 8.73. The first kappa shape index (κ1) is 21.6. The van der Waals surface area contributed by atoms with Gasteiger partial charge in [-0.05, 0) is 66.1 Å². The van der Waals surface area contributed by atoms with Crippen molar-refractivity contribution in [2.45, 2.75) is 32.3 Å². The van der Waals surface area contributed by atoms with Crippen molar-refractivity contribution < 1.29 is 9.84 Å². The highest BCUT2D eigenvalue weighted by molar-refractivity contribution is 5.71. The molecular formula is C28H30O2. The van der Waals surface area contributed by atoms with Gasteiger partial charge in [0.05, 0.1) is 6.10 Å². The van der Waals surface area contributed by atoms with Crippen LogP contribution in [0.3, 0.4) is 0 Å². The molecule has 0 spiro atoms. The molecule has 0 saturated carbocycles. The third kappa shape index (κ3) is 6.47. The number of ether oxygens (including phenoxy) is 1. The van der Waals surface area contributed by atoms with Gasteiger partial charge in [-0.25, -0.2) is 0 Å². The Labute approximate surface area is 180 Å². The smallest absolute Gasteiger partial charge is 0.119 e. The third-order valence-electron chi connectivity index (χ3n) is 4.99. The first-order valence-corrected chi connectivity index (χ1v) is 10.5. The standard InChI is InChI=1S/C28H30O2/c1-3-21-30-28-19-17-27(18-20-28)26-15-13-25(14-16-26)24-11-9-23(10-12-24)8-6-4-5-7-22(2)29/h3,6,8-20,22,29H,1,4-5,7,21H2,2H3/b8-6+. The number of benzene rings is 3. The highest BCUT2D eigenvalue weighted by Crippen LogP contribution is 2.26. The Kier molecular flexibility index (Phi) is 8.05. The molecule has 0 heterocycles. The molecule has 0 aliphatic rings. The molecule has 0 aliphatic carbocycles. The van der Waals surface area contributed by atoms with Crippen LogP contribution in [0.5, 0.6) is 5.75 Å². The van der Waals surface area contributed by atoms with E-state index < -0.39 is 0 Å². The Morgan fingerprint density at radius 1 is 0.833 bits per heavy atom. The molecule has 0 aliphatic heterocycles. The summed E-state index contributed by atoms with van der Waals surface area (Å²) in [6, 6.07) is 25.4. The van der Waals surface area contributed by atoms with Gasteiger partial charge in [0.25, 0.3) is 0 Å². The number of aliphatic hydroxyl groups is 1. The quantitative estimate of drug-likeness (QED) is 0.290. The van der Waals surface area contributed by atoms with Crippen LogP contribution in [0.4, 0.5) is 0 Å². The molecule has 0 aromatic heterocycles. The molecule has 3 rings (SSSR count). The second-order valence-electron chi connectivity index (χ2n) is 7.51. The van der Waals surface area contributed by atoms with Crippen LogP contribution in [0.1, 0.15) is 31.7 Å². The normalized spacial score (nSPS) is 12.1. The maximum Gasteiger partial charge on any atom is 0.119 e. The fourth-order valence-corrected chi connectivity index (χ4v) is 3.29. The number of hydrogen-bond acceptors (Lipinski definition) is 2. The summed E-state index contributed by atoms with van der Waals surface area (Å²) in [5, 5.41) is 9.30. The Hall–Kier alpha value is -3.10. The van der Waals surface area contributed by atoms with E-state index in [0.29, 0.717) is 6.61 Å². The molecule has 0 saturated heterocycles. The first-order chi connectivity index (χ1) is 14.7. The van der Waals surface area contributed by atoms with Gasteiger partial charge in [-0.2, -0.15) is 0 Å². The fraction of sp³-hybridized carbons (Fsp3) is 0.214. The van der Waals surface area contributed by atoms with Gasteiger partial charge in [0.15, 0.2) is 0 Å². The van der Waals surface area contributed by atoms with E-state index in [-0.39, 0.29) is 6.10 Å². The van der Waals surface area contributed by atoms with E-state index in [4.69, 9.17) is 4.74 Å². The molecule has 2 heteroatoms. The van der Waals surface area contributed by atoms with Crippen molar-refractivity contribution in [2.75, 3.05) is 6.61 Å². The minimum atomic E-state index is -0.209. The van der Waals surface area contributed by atoms with Crippen molar-refractivity contribution >= 4 is 6.08 Å². The second kappa shape index (κ2) is 11.2. The highest BCUT2D eigenvalue weighted by atomic mass is 16.5. The predicted molar refractivity (Wildman–Crippen MR) is 128 cm³/mol. The Morgan fingerprint density at radius 2 is 1.33 bits per heavy atom. The zero-order chi connectivity index (χ0) is 21.2. The summed E-state index contributed by atoms with van der Waals surface area (Å²) >= 11 is 0. The van der Waals surface area contributed by atoms with E-state index in [0.717, 1.165) is 25.0 Å². The number of unbranched alkanes of at least 4 members (excludes halogenated alkanes) is 1. The molecular weight excluding hydrogens is 368 g/mol. The zero-order valence-corrected chi connectivity index (χ0v) is 17.6. The van der Waals surface area contributed by atoms with Crippen molar-refractivity contribution in [3.63, 3.8) is 0 Å². The van der Waals surface area contributed by atoms with Crippen LogP contribution in [0.2, 0.25) is 0 Å². The Bertz CT molecular complexity index is 933. The summed E-state index contributed by atoms with van der Waals surface area (Å²) in [5.74, 6) is 0.854. The minimum Gasteiger partial charge on any atom is -0.490 e. The molecule has 0 fully saturated rings. The van der Waals surface area contributed by atoms with E-state index >= 15 is 0 Å². The summed E-state index contributed by atoms with van der Waals surface area (Å²) in [5.41, 5.74) is 5.97. The number of rotatable bonds is 10. The maximum atomic E-state index is 9.30. The average molecular weight is 399 g/mol. The van der Waals surface area contributed by atoms with Crippen LogP contribution in [0, 0.1) is 0 Å². The molecule has 0 bridgehead atoms. The molecule has 3 aromatic rings. The predicted octanol–water partition coefficient (Wildman–Crippen LogP) is 7.15. The minimum absolute atomic E-state index is 0.209. The number of allylic oxidation sites excluding steroid dienone is 1. The molecule has 2 nitrogen and oxygen atoms in total. The summed E-state index contributed by atoms with van der Waals surface area (Å²) in [7, 11) is 0. The Balaban J connectivity index is 1.60. The third-order valence-corrected chi connectivity index (χ3v) is 4.99. The SMILES string of the molecule is C=CCOc1ccc(-c2ccc(-c3ccc(/C=C/CCCC(C)O)cc3)cc2)cc1. The lowest BCUT2D eigenvalue weighted by Crippen LogP contribution is -1.97. The molecule has 0 radical (unpaired) electrons. The topological polar surface area (TPSA) is 29.5 Å². The molecule has 3 aromatic carbocycles. The monoisotopic (exact) mass is 398 g/mol.